The van der Waals surface area contributed by atoms with Crippen molar-refractivity contribution < 1.29 is 14.3 Å². The third-order valence-electron chi connectivity index (χ3n) is 4.55. The Kier molecular flexibility index (Phi) is 5.89. The second-order valence-electron chi connectivity index (χ2n) is 6.22. The first kappa shape index (κ1) is 18.0. The lowest BCUT2D eigenvalue weighted by Crippen LogP contribution is -2.45. The van der Waals surface area contributed by atoms with E-state index < -0.39 is 6.10 Å². The molecule has 6 heteroatoms. The van der Waals surface area contributed by atoms with Gasteiger partial charge in [-0.3, -0.25) is 4.79 Å². The van der Waals surface area contributed by atoms with Crippen molar-refractivity contribution in [2.45, 2.75) is 38.9 Å². The van der Waals surface area contributed by atoms with Crippen LogP contribution >= 0.6 is 12.4 Å². The molecule has 2 N–H and O–H groups in total. The summed E-state index contributed by atoms with van der Waals surface area (Å²) < 4.78 is 11.5. The Morgan fingerprint density at radius 3 is 2.83 bits per heavy atom. The lowest BCUT2D eigenvalue weighted by molar-refractivity contribution is -0.138. The van der Waals surface area contributed by atoms with Gasteiger partial charge in [0.05, 0.1) is 6.10 Å². The minimum absolute atomic E-state index is 0. The lowest BCUT2D eigenvalue weighted by atomic mass is 10.0. The Morgan fingerprint density at radius 2 is 2.09 bits per heavy atom. The molecule has 2 aliphatic rings. The van der Waals surface area contributed by atoms with Gasteiger partial charge in [-0.05, 0) is 43.0 Å². The average molecular weight is 341 g/mol. The van der Waals surface area contributed by atoms with Gasteiger partial charge in [0.15, 0.2) is 6.10 Å². The molecule has 2 unspecified atom stereocenters. The van der Waals surface area contributed by atoms with Gasteiger partial charge in [0.1, 0.15) is 5.75 Å². The van der Waals surface area contributed by atoms with Gasteiger partial charge in [0.2, 0.25) is 0 Å². The highest BCUT2D eigenvalue weighted by Gasteiger charge is 2.34. The van der Waals surface area contributed by atoms with Gasteiger partial charge in [0.25, 0.3) is 5.91 Å². The van der Waals surface area contributed by atoms with Gasteiger partial charge >= 0.3 is 0 Å². The number of halogens is 1. The molecule has 5 nitrogen and oxygen atoms in total. The Hall–Kier alpha value is -1.30. The Labute approximate surface area is 143 Å². The van der Waals surface area contributed by atoms with Gasteiger partial charge in [-0.25, -0.2) is 0 Å². The third kappa shape index (κ3) is 3.79. The Bertz CT molecular complexity index is 548. The number of nitrogens with two attached hydrogens (primary N) is 1. The summed E-state index contributed by atoms with van der Waals surface area (Å²) in [5, 5.41) is 0. The molecule has 1 amide bonds. The molecule has 128 valence electrons. The first-order valence-electron chi connectivity index (χ1n) is 7.95. The van der Waals surface area contributed by atoms with Crippen LogP contribution in [0.4, 0.5) is 0 Å². The number of carbonyl (C=O) groups is 1. The van der Waals surface area contributed by atoms with E-state index in [0.717, 1.165) is 17.7 Å². The molecule has 0 aliphatic carbocycles. The van der Waals surface area contributed by atoms with Crippen molar-refractivity contribution in [1.82, 2.24) is 4.90 Å². The van der Waals surface area contributed by atoms with E-state index in [1.807, 2.05) is 11.0 Å². The molecule has 2 aliphatic heterocycles. The van der Waals surface area contributed by atoms with Gasteiger partial charge in [0, 0.05) is 32.7 Å². The monoisotopic (exact) mass is 340 g/mol. The second-order valence-corrected chi connectivity index (χ2v) is 6.22. The number of amides is 1. The van der Waals surface area contributed by atoms with Gasteiger partial charge in [-0.1, -0.05) is 6.07 Å². The molecule has 0 spiro atoms. The quantitative estimate of drug-likeness (QED) is 0.888. The summed E-state index contributed by atoms with van der Waals surface area (Å²) in [4.78, 5) is 14.6. The number of benzene rings is 1. The van der Waals surface area contributed by atoms with Crippen LogP contribution in [0.1, 0.15) is 23.1 Å². The zero-order valence-electron chi connectivity index (χ0n) is 13.7. The summed E-state index contributed by atoms with van der Waals surface area (Å²) in [7, 11) is 0. The van der Waals surface area contributed by atoms with Crippen LogP contribution in [-0.4, -0.2) is 49.3 Å². The number of aryl methyl sites for hydroxylation is 2. The summed E-state index contributed by atoms with van der Waals surface area (Å²) in [5.74, 6) is 0.901. The zero-order valence-corrected chi connectivity index (χ0v) is 14.5. The molecule has 0 aromatic heterocycles. The van der Waals surface area contributed by atoms with Crippen molar-refractivity contribution in [3.05, 3.63) is 28.8 Å². The van der Waals surface area contributed by atoms with Crippen molar-refractivity contribution in [3.63, 3.8) is 0 Å². The number of fused-ring (bicyclic) bond motifs is 1. The maximum atomic E-state index is 12.8. The maximum Gasteiger partial charge on any atom is 0.264 e. The first-order valence-corrected chi connectivity index (χ1v) is 7.95. The van der Waals surface area contributed by atoms with E-state index in [0.29, 0.717) is 32.7 Å². The topological polar surface area (TPSA) is 64.8 Å². The smallest absolute Gasteiger partial charge is 0.264 e. The predicted octanol–water partition coefficient (Wildman–Crippen LogP) is 1.60. The van der Waals surface area contributed by atoms with Crippen molar-refractivity contribution in [2.24, 2.45) is 5.73 Å². The van der Waals surface area contributed by atoms with E-state index in [2.05, 4.69) is 19.9 Å². The molecule has 1 saturated heterocycles. The van der Waals surface area contributed by atoms with Crippen LogP contribution in [-0.2, 0) is 16.0 Å². The molecule has 23 heavy (non-hydrogen) atoms. The molecule has 1 aromatic rings. The summed E-state index contributed by atoms with van der Waals surface area (Å²) in [6, 6.07) is 4.17. The Balaban J connectivity index is 0.00000192. The summed E-state index contributed by atoms with van der Waals surface area (Å²) in [6.07, 6.45) is 1.02. The molecular weight excluding hydrogens is 316 g/mol. The molecule has 0 bridgehead atoms. The molecular formula is C17H25ClN2O3. The fourth-order valence-corrected chi connectivity index (χ4v) is 3.09. The number of nitrogens with zero attached hydrogens (tertiary/aromatic N) is 1. The highest BCUT2D eigenvalue weighted by Crippen LogP contribution is 2.32. The SMILES string of the molecule is Cc1cc2c(cc1C)OC(C(=O)N1CCCOC(CN)C1)C2.Cl. The van der Waals surface area contributed by atoms with E-state index >= 15 is 0 Å². The lowest BCUT2D eigenvalue weighted by Gasteiger charge is -2.25. The fourth-order valence-electron chi connectivity index (χ4n) is 3.09. The predicted molar refractivity (Wildman–Crippen MR) is 91.3 cm³/mol. The minimum Gasteiger partial charge on any atom is -0.480 e. The third-order valence-corrected chi connectivity index (χ3v) is 4.55. The fraction of sp³-hybridized carbons (Fsp3) is 0.588. The van der Waals surface area contributed by atoms with Crippen molar-refractivity contribution in [2.75, 3.05) is 26.2 Å². The van der Waals surface area contributed by atoms with Crippen molar-refractivity contribution in [1.29, 1.82) is 0 Å². The standard InChI is InChI=1S/C17H24N2O3.ClH/c1-11-6-13-8-16(22-15(13)7-12(11)2)17(20)19-4-3-5-21-14(9-18)10-19;/h6-7,14,16H,3-5,8-10,18H2,1-2H3;1H. The van der Waals surface area contributed by atoms with Crippen molar-refractivity contribution >= 4 is 18.3 Å². The van der Waals surface area contributed by atoms with E-state index in [9.17, 15) is 4.79 Å². The number of ether oxygens (including phenoxy) is 2. The van der Waals surface area contributed by atoms with Crippen LogP contribution in [0.5, 0.6) is 5.75 Å². The molecule has 0 saturated carbocycles. The molecule has 3 rings (SSSR count). The number of carbonyl (C=O) groups excluding carboxylic acids is 1. The van der Waals surface area contributed by atoms with E-state index in [-0.39, 0.29) is 24.4 Å². The van der Waals surface area contributed by atoms with E-state index in [1.165, 1.54) is 11.1 Å². The van der Waals surface area contributed by atoms with Crippen LogP contribution in [0.25, 0.3) is 0 Å². The molecule has 0 radical (unpaired) electrons. The number of hydrogen-bond donors (Lipinski definition) is 1. The average Bonchev–Trinajstić information content (AvgIpc) is 2.76. The molecule has 1 fully saturated rings. The van der Waals surface area contributed by atoms with Crippen LogP contribution in [0.15, 0.2) is 12.1 Å². The van der Waals surface area contributed by atoms with Gasteiger partial charge < -0.3 is 20.1 Å². The van der Waals surface area contributed by atoms with Gasteiger partial charge in [-0.2, -0.15) is 0 Å². The zero-order chi connectivity index (χ0) is 15.7. The van der Waals surface area contributed by atoms with E-state index in [4.69, 9.17) is 15.2 Å². The normalized spacial score (nSPS) is 23.5. The van der Waals surface area contributed by atoms with Crippen LogP contribution in [0.3, 0.4) is 0 Å². The van der Waals surface area contributed by atoms with Crippen LogP contribution in [0, 0.1) is 13.8 Å². The van der Waals surface area contributed by atoms with E-state index in [1.54, 1.807) is 0 Å². The van der Waals surface area contributed by atoms with Gasteiger partial charge in [-0.15, -0.1) is 12.4 Å². The molecule has 1 aromatic carbocycles. The summed E-state index contributed by atoms with van der Waals surface area (Å²) in [5.41, 5.74) is 9.25. The summed E-state index contributed by atoms with van der Waals surface area (Å²) >= 11 is 0. The summed E-state index contributed by atoms with van der Waals surface area (Å²) in [6.45, 7) is 6.52. The van der Waals surface area contributed by atoms with Crippen LogP contribution in [0.2, 0.25) is 0 Å². The Morgan fingerprint density at radius 1 is 1.35 bits per heavy atom. The maximum absolute atomic E-state index is 12.8. The second kappa shape index (κ2) is 7.51. The molecule has 2 atom stereocenters. The van der Waals surface area contributed by atoms with Crippen molar-refractivity contribution in [3.8, 4) is 5.75 Å². The molecule has 2 heterocycles. The highest BCUT2D eigenvalue weighted by atomic mass is 35.5. The minimum atomic E-state index is -0.410. The largest absolute Gasteiger partial charge is 0.480 e. The van der Waals surface area contributed by atoms with Crippen LogP contribution < -0.4 is 10.5 Å². The highest BCUT2D eigenvalue weighted by molar-refractivity contribution is 5.85. The first-order chi connectivity index (χ1) is 10.6. The number of hydrogen-bond acceptors (Lipinski definition) is 4. The number of rotatable bonds is 2.